The van der Waals surface area contributed by atoms with Crippen molar-refractivity contribution in [3.63, 3.8) is 0 Å². The van der Waals surface area contributed by atoms with Crippen LogP contribution in [-0.2, 0) is 4.79 Å². The number of nitrogens with zero attached hydrogens (tertiary/aromatic N) is 3. The van der Waals surface area contributed by atoms with E-state index in [9.17, 15) is 4.79 Å². The van der Waals surface area contributed by atoms with E-state index in [1.165, 1.54) is 16.4 Å². The predicted octanol–water partition coefficient (Wildman–Crippen LogP) is 1.68. The highest BCUT2D eigenvalue weighted by molar-refractivity contribution is 7.99. The molecule has 110 valence electrons. The van der Waals surface area contributed by atoms with Crippen molar-refractivity contribution < 1.29 is 4.79 Å². The lowest BCUT2D eigenvalue weighted by Crippen LogP contribution is -2.27. The monoisotopic (exact) mass is 323 g/mol. The van der Waals surface area contributed by atoms with Crippen molar-refractivity contribution in [2.24, 2.45) is 0 Å². The van der Waals surface area contributed by atoms with Gasteiger partial charge < -0.3 is 11.2 Å². The molecule has 3 N–H and O–H groups in total. The van der Waals surface area contributed by atoms with Crippen LogP contribution < -0.4 is 11.2 Å². The zero-order chi connectivity index (χ0) is 14.8. The lowest BCUT2D eigenvalue weighted by atomic mass is 10.2. The Morgan fingerprint density at radius 2 is 2.19 bits per heavy atom. The van der Waals surface area contributed by atoms with E-state index in [0.29, 0.717) is 27.6 Å². The molecule has 3 rings (SSSR count). The normalized spacial score (nSPS) is 14.1. The molecule has 21 heavy (non-hydrogen) atoms. The molecule has 1 saturated carbocycles. The van der Waals surface area contributed by atoms with Gasteiger partial charge in [0.1, 0.15) is 0 Å². The average Bonchev–Trinajstić information content (AvgIpc) is 3.20. The van der Waals surface area contributed by atoms with Gasteiger partial charge in [-0.25, -0.2) is 4.68 Å². The molecule has 0 atom stereocenters. The van der Waals surface area contributed by atoms with Crippen molar-refractivity contribution in [3.8, 4) is 11.4 Å². The quantitative estimate of drug-likeness (QED) is 0.646. The van der Waals surface area contributed by atoms with E-state index in [-0.39, 0.29) is 11.7 Å². The summed E-state index contributed by atoms with van der Waals surface area (Å²) in [7, 11) is 0. The van der Waals surface area contributed by atoms with Crippen LogP contribution >= 0.6 is 23.4 Å². The Morgan fingerprint density at radius 3 is 2.90 bits per heavy atom. The van der Waals surface area contributed by atoms with E-state index >= 15 is 0 Å². The molecule has 0 radical (unpaired) electrons. The fourth-order valence-corrected chi connectivity index (χ4v) is 2.72. The summed E-state index contributed by atoms with van der Waals surface area (Å²) in [5.74, 6) is 6.72. The molecule has 1 aliphatic carbocycles. The molecular formula is C13H14ClN5OS. The third-order valence-corrected chi connectivity index (χ3v) is 4.33. The third kappa shape index (κ3) is 3.30. The number of nitrogens with one attached hydrogen (secondary N) is 1. The molecule has 1 fully saturated rings. The first-order chi connectivity index (χ1) is 10.1. The van der Waals surface area contributed by atoms with E-state index in [0.717, 1.165) is 12.8 Å². The summed E-state index contributed by atoms with van der Waals surface area (Å²) in [6.07, 6.45) is 2.14. The maximum Gasteiger partial charge on any atom is 0.230 e. The number of thioether (sulfide) groups is 1. The van der Waals surface area contributed by atoms with Crippen molar-refractivity contribution in [2.75, 3.05) is 11.6 Å². The highest BCUT2D eigenvalue weighted by atomic mass is 35.5. The van der Waals surface area contributed by atoms with Gasteiger partial charge in [-0.1, -0.05) is 35.5 Å². The largest absolute Gasteiger partial charge is 0.353 e. The molecular weight excluding hydrogens is 310 g/mol. The van der Waals surface area contributed by atoms with Crippen LogP contribution in [0.15, 0.2) is 29.4 Å². The van der Waals surface area contributed by atoms with Crippen molar-refractivity contribution >= 4 is 29.3 Å². The minimum Gasteiger partial charge on any atom is -0.353 e. The van der Waals surface area contributed by atoms with Crippen LogP contribution in [-0.4, -0.2) is 32.6 Å². The van der Waals surface area contributed by atoms with Gasteiger partial charge in [-0.05, 0) is 25.0 Å². The summed E-state index contributed by atoms with van der Waals surface area (Å²) in [4.78, 5) is 11.7. The molecule has 8 heteroatoms. The first-order valence-corrected chi connectivity index (χ1v) is 7.89. The van der Waals surface area contributed by atoms with Gasteiger partial charge in [0.15, 0.2) is 5.82 Å². The Morgan fingerprint density at radius 1 is 1.43 bits per heavy atom. The summed E-state index contributed by atoms with van der Waals surface area (Å²) in [5.41, 5.74) is 0.712. The number of amides is 1. The molecule has 1 aliphatic rings. The van der Waals surface area contributed by atoms with Crippen LogP contribution in [0.5, 0.6) is 0 Å². The maximum absolute atomic E-state index is 11.7. The van der Waals surface area contributed by atoms with Crippen LogP contribution in [0.3, 0.4) is 0 Å². The molecule has 0 saturated heterocycles. The van der Waals surface area contributed by atoms with E-state index in [4.69, 9.17) is 17.4 Å². The summed E-state index contributed by atoms with van der Waals surface area (Å²) >= 11 is 7.38. The Hall–Kier alpha value is -1.73. The number of nitrogens with two attached hydrogens (primary N) is 1. The van der Waals surface area contributed by atoms with Gasteiger partial charge in [-0.3, -0.25) is 4.79 Å². The number of hydrogen-bond acceptors (Lipinski definition) is 5. The molecule has 6 nitrogen and oxygen atoms in total. The Bertz CT molecular complexity index is 670. The summed E-state index contributed by atoms with van der Waals surface area (Å²) in [5, 5.41) is 12.0. The Labute approximate surface area is 131 Å². The fourth-order valence-electron chi connectivity index (χ4n) is 1.83. The average molecular weight is 324 g/mol. The molecule has 0 aliphatic heterocycles. The third-order valence-electron chi connectivity index (χ3n) is 3.05. The molecule has 0 unspecified atom stereocenters. The summed E-state index contributed by atoms with van der Waals surface area (Å²) in [6, 6.07) is 7.63. The highest BCUT2D eigenvalue weighted by Crippen LogP contribution is 2.27. The van der Waals surface area contributed by atoms with Crippen LogP contribution in [0.2, 0.25) is 5.02 Å². The van der Waals surface area contributed by atoms with Crippen LogP contribution in [0.25, 0.3) is 11.4 Å². The molecule has 1 aromatic carbocycles. The number of carbonyl (C=O) groups is 1. The lowest BCUT2D eigenvalue weighted by Gasteiger charge is -2.05. The molecule has 1 heterocycles. The zero-order valence-corrected chi connectivity index (χ0v) is 12.7. The molecule has 0 spiro atoms. The second-order valence-electron chi connectivity index (χ2n) is 4.79. The zero-order valence-electron chi connectivity index (χ0n) is 11.1. The van der Waals surface area contributed by atoms with Crippen LogP contribution in [0.4, 0.5) is 0 Å². The van der Waals surface area contributed by atoms with Gasteiger partial charge in [-0.2, -0.15) is 0 Å². The molecule has 1 amide bonds. The SMILES string of the molecule is Nn1c(SCC(=O)NC2CC2)nnc1-c1ccccc1Cl. The predicted molar refractivity (Wildman–Crippen MR) is 82.5 cm³/mol. The van der Waals surface area contributed by atoms with Gasteiger partial charge in [0.25, 0.3) is 0 Å². The lowest BCUT2D eigenvalue weighted by molar-refractivity contribution is -0.118. The van der Waals surface area contributed by atoms with Crippen molar-refractivity contribution in [1.29, 1.82) is 0 Å². The summed E-state index contributed by atoms with van der Waals surface area (Å²) in [6.45, 7) is 0. The standard InChI is InChI=1S/C13H14ClN5OS/c14-10-4-2-1-3-9(10)12-17-18-13(19(12)15)21-7-11(20)16-8-5-6-8/h1-4,8H,5-7,15H2,(H,16,20). The Balaban J connectivity index is 1.70. The van der Waals surface area contributed by atoms with E-state index in [1.54, 1.807) is 6.07 Å². The highest BCUT2D eigenvalue weighted by Gasteiger charge is 2.23. The van der Waals surface area contributed by atoms with Crippen molar-refractivity contribution in [2.45, 2.75) is 24.0 Å². The first-order valence-electron chi connectivity index (χ1n) is 6.52. The van der Waals surface area contributed by atoms with E-state index < -0.39 is 0 Å². The van der Waals surface area contributed by atoms with Gasteiger partial charge in [0, 0.05) is 11.6 Å². The Kier molecular flexibility index (Phi) is 4.03. The maximum atomic E-state index is 11.7. The second-order valence-corrected chi connectivity index (χ2v) is 6.14. The van der Waals surface area contributed by atoms with Crippen molar-refractivity contribution in [1.82, 2.24) is 20.2 Å². The van der Waals surface area contributed by atoms with E-state index in [1.807, 2.05) is 18.2 Å². The number of aromatic nitrogens is 3. The van der Waals surface area contributed by atoms with Crippen LogP contribution in [0, 0.1) is 0 Å². The van der Waals surface area contributed by atoms with Crippen LogP contribution in [0.1, 0.15) is 12.8 Å². The topological polar surface area (TPSA) is 85.8 Å². The first kappa shape index (κ1) is 14.2. The molecule has 0 bridgehead atoms. The number of rotatable bonds is 5. The fraction of sp³-hybridized carbons (Fsp3) is 0.308. The second kappa shape index (κ2) is 5.95. The molecule has 1 aromatic heterocycles. The number of hydrogen-bond donors (Lipinski definition) is 2. The number of nitrogen functional groups attached to an aromatic ring is 1. The van der Waals surface area contributed by atoms with E-state index in [2.05, 4.69) is 15.5 Å². The van der Waals surface area contributed by atoms with Crippen molar-refractivity contribution in [3.05, 3.63) is 29.3 Å². The number of halogens is 1. The van der Waals surface area contributed by atoms with Gasteiger partial charge in [-0.15, -0.1) is 10.2 Å². The summed E-state index contributed by atoms with van der Waals surface area (Å²) < 4.78 is 1.36. The smallest absolute Gasteiger partial charge is 0.230 e. The molecule has 2 aromatic rings. The van der Waals surface area contributed by atoms with Gasteiger partial charge in [0.05, 0.1) is 10.8 Å². The van der Waals surface area contributed by atoms with Gasteiger partial charge in [0.2, 0.25) is 11.1 Å². The minimum atomic E-state index is -0.00945. The number of benzene rings is 1. The number of carbonyl (C=O) groups excluding carboxylic acids is 1. The van der Waals surface area contributed by atoms with Gasteiger partial charge >= 0.3 is 0 Å². The minimum absolute atomic E-state index is 0.00945.